The van der Waals surface area contributed by atoms with Gasteiger partial charge in [-0.2, -0.15) is 18.3 Å². The summed E-state index contributed by atoms with van der Waals surface area (Å²) in [6.07, 6.45) is -3.15. The fourth-order valence-electron chi connectivity index (χ4n) is 2.96. The maximum Gasteiger partial charge on any atom is 0.433 e. The molecule has 4 aromatic rings. The first kappa shape index (κ1) is 18.3. The van der Waals surface area contributed by atoms with Gasteiger partial charge < -0.3 is 4.74 Å². The Morgan fingerprint density at radius 3 is 2.43 bits per heavy atom. The van der Waals surface area contributed by atoms with Crippen LogP contribution in [0.3, 0.4) is 0 Å². The first-order chi connectivity index (χ1) is 13.4. The number of benzene rings is 2. The summed E-state index contributed by atoms with van der Waals surface area (Å²) in [7, 11) is 1.52. The molecule has 142 valence electrons. The van der Waals surface area contributed by atoms with Crippen LogP contribution in [-0.4, -0.2) is 21.9 Å². The van der Waals surface area contributed by atoms with E-state index in [-0.39, 0.29) is 11.4 Å². The molecule has 2 aromatic carbocycles. The third-order valence-corrected chi connectivity index (χ3v) is 4.53. The molecule has 2 aromatic heterocycles. The largest absolute Gasteiger partial charge is 0.497 e. The molecule has 28 heavy (non-hydrogen) atoms. The number of hydrogen-bond acceptors (Lipinski definition) is 3. The van der Waals surface area contributed by atoms with Crippen LogP contribution in [0, 0.1) is 0 Å². The average molecular weight is 404 g/mol. The number of rotatable bonds is 3. The lowest BCUT2D eigenvalue weighted by atomic mass is 10.1. The minimum Gasteiger partial charge on any atom is -0.497 e. The normalized spacial score (nSPS) is 11.8. The molecule has 0 spiro atoms. The maximum absolute atomic E-state index is 13.7. The van der Waals surface area contributed by atoms with Crippen molar-refractivity contribution in [1.29, 1.82) is 0 Å². The van der Waals surface area contributed by atoms with Gasteiger partial charge in [-0.15, -0.1) is 0 Å². The number of hydrogen-bond donors (Lipinski definition) is 0. The summed E-state index contributed by atoms with van der Waals surface area (Å²) in [6.45, 7) is 0. The highest BCUT2D eigenvalue weighted by Gasteiger charge is 2.36. The molecule has 0 aliphatic carbocycles. The summed E-state index contributed by atoms with van der Waals surface area (Å²) in [6, 6.07) is 14.0. The van der Waals surface area contributed by atoms with Crippen LogP contribution in [0.15, 0.2) is 60.8 Å². The molecule has 0 fully saturated rings. The lowest BCUT2D eigenvalue weighted by Gasteiger charge is -2.12. The van der Waals surface area contributed by atoms with E-state index in [9.17, 15) is 13.2 Å². The Labute approximate surface area is 163 Å². The molecule has 0 aliphatic heterocycles. The molecule has 0 atom stereocenters. The smallest absolute Gasteiger partial charge is 0.433 e. The van der Waals surface area contributed by atoms with Crippen LogP contribution >= 0.6 is 11.6 Å². The Bertz CT molecular complexity index is 1150. The van der Waals surface area contributed by atoms with Gasteiger partial charge >= 0.3 is 6.18 Å². The number of pyridine rings is 1. The fourth-order valence-corrected chi connectivity index (χ4v) is 3.13. The Balaban J connectivity index is 1.92. The Morgan fingerprint density at radius 1 is 1.00 bits per heavy atom. The molecule has 8 heteroatoms. The zero-order valence-corrected chi connectivity index (χ0v) is 15.3. The molecule has 2 heterocycles. The van der Waals surface area contributed by atoms with Gasteiger partial charge in [-0.1, -0.05) is 11.6 Å². The molecule has 0 N–H and O–H groups in total. The second-order valence-electron chi connectivity index (χ2n) is 6.04. The van der Waals surface area contributed by atoms with Gasteiger partial charge in [-0.05, 0) is 54.6 Å². The number of nitrogens with zero attached hydrogens (tertiary/aromatic N) is 3. The molecule has 4 nitrogen and oxygen atoms in total. The third kappa shape index (κ3) is 3.29. The molecule has 0 unspecified atom stereocenters. The second kappa shape index (κ2) is 6.83. The van der Waals surface area contributed by atoms with E-state index in [0.717, 1.165) is 10.7 Å². The van der Waals surface area contributed by atoms with Crippen molar-refractivity contribution in [2.24, 2.45) is 0 Å². The summed E-state index contributed by atoms with van der Waals surface area (Å²) in [4.78, 5) is 4.18. The number of aromatic nitrogens is 3. The van der Waals surface area contributed by atoms with E-state index in [1.807, 2.05) is 0 Å². The van der Waals surface area contributed by atoms with Crippen molar-refractivity contribution in [1.82, 2.24) is 14.8 Å². The van der Waals surface area contributed by atoms with E-state index in [1.54, 1.807) is 42.5 Å². The molecule has 0 amide bonds. The lowest BCUT2D eigenvalue weighted by Crippen LogP contribution is -2.13. The summed E-state index contributed by atoms with van der Waals surface area (Å²) in [5.74, 6) is 0.608. The quantitative estimate of drug-likeness (QED) is 0.436. The minimum absolute atomic E-state index is 0.203. The van der Waals surface area contributed by atoms with Crippen molar-refractivity contribution in [2.75, 3.05) is 7.11 Å². The van der Waals surface area contributed by atoms with Crippen LogP contribution in [0.25, 0.3) is 27.8 Å². The van der Waals surface area contributed by atoms with Gasteiger partial charge in [0.05, 0.1) is 24.0 Å². The molecule has 0 bridgehead atoms. The summed E-state index contributed by atoms with van der Waals surface area (Å²) in [5, 5.41) is 5.21. The van der Waals surface area contributed by atoms with Crippen molar-refractivity contribution in [3.63, 3.8) is 0 Å². The fraction of sp³-hybridized carbons (Fsp3) is 0.100. The van der Waals surface area contributed by atoms with Crippen LogP contribution in [0.2, 0.25) is 5.02 Å². The van der Waals surface area contributed by atoms with E-state index in [0.29, 0.717) is 27.2 Å². The van der Waals surface area contributed by atoms with E-state index in [1.165, 1.54) is 19.4 Å². The van der Waals surface area contributed by atoms with Crippen molar-refractivity contribution >= 4 is 22.5 Å². The van der Waals surface area contributed by atoms with Crippen molar-refractivity contribution in [3.8, 4) is 22.7 Å². The average Bonchev–Trinajstić information content (AvgIpc) is 3.13. The minimum atomic E-state index is -4.58. The van der Waals surface area contributed by atoms with Crippen molar-refractivity contribution in [3.05, 3.63) is 71.5 Å². The van der Waals surface area contributed by atoms with Crippen molar-refractivity contribution < 1.29 is 17.9 Å². The first-order valence-corrected chi connectivity index (χ1v) is 8.61. The summed E-state index contributed by atoms with van der Waals surface area (Å²) < 4.78 is 47.2. The zero-order chi connectivity index (χ0) is 19.9. The molecule has 0 radical (unpaired) electrons. The van der Waals surface area contributed by atoms with Gasteiger partial charge in [0, 0.05) is 22.2 Å². The Hall–Kier alpha value is -3.06. The van der Waals surface area contributed by atoms with Gasteiger partial charge in [0.1, 0.15) is 11.4 Å². The first-order valence-electron chi connectivity index (χ1n) is 8.23. The van der Waals surface area contributed by atoms with E-state index < -0.39 is 11.9 Å². The maximum atomic E-state index is 13.7. The van der Waals surface area contributed by atoms with Crippen molar-refractivity contribution in [2.45, 2.75) is 6.18 Å². The predicted molar refractivity (Wildman–Crippen MR) is 101 cm³/mol. The number of fused-ring (bicyclic) bond motifs is 1. The number of methoxy groups -OCH3 is 1. The van der Waals surface area contributed by atoms with Crippen LogP contribution in [-0.2, 0) is 6.18 Å². The molecule has 0 aliphatic rings. The molecule has 0 saturated carbocycles. The lowest BCUT2D eigenvalue weighted by molar-refractivity contribution is -0.142. The van der Waals surface area contributed by atoms with Gasteiger partial charge in [0.15, 0.2) is 0 Å². The SMILES string of the molecule is COc1ccc(-c2cc(C(F)(F)F)n(-c3ccnc4cc(Cl)ccc34)n2)cc1. The van der Waals surface area contributed by atoms with E-state index in [2.05, 4.69) is 10.1 Å². The van der Waals surface area contributed by atoms with E-state index in [4.69, 9.17) is 16.3 Å². The zero-order valence-electron chi connectivity index (χ0n) is 14.5. The standard InChI is InChI=1S/C20H13ClF3N3O/c1-28-14-5-2-12(3-6-14)16-11-19(20(22,23)24)27(26-16)18-8-9-25-17-10-13(21)4-7-15(17)18/h2-11H,1H3. The van der Waals surface area contributed by atoms with Gasteiger partial charge in [0.25, 0.3) is 0 Å². The van der Waals surface area contributed by atoms with E-state index >= 15 is 0 Å². The second-order valence-corrected chi connectivity index (χ2v) is 6.48. The molecule has 0 saturated heterocycles. The molecular formula is C20H13ClF3N3O. The predicted octanol–water partition coefficient (Wildman–Crippen LogP) is 5.77. The highest BCUT2D eigenvalue weighted by molar-refractivity contribution is 6.31. The molecule has 4 rings (SSSR count). The molecular weight excluding hydrogens is 391 g/mol. The monoisotopic (exact) mass is 403 g/mol. The summed E-state index contributed by atoms with van der Waals surface area (Å²) in [5.41, 5.74) is 0.634. The number of halogens is 4. The third-order valence-electron chi connectivity index (χ3n) is 4.30. The van der Waals surface area contributed by atoms with Crippen LogP contribution in [0.1, 0.15) is 5.69 Å². The number of alkyl halides is 3. The summed E-state index contributed by atoms with van der Waals surface area (Å²) >= 11 is 5.98. The van der Waals surface area contributed by atoms with Gasteiger partial charge in [-0.3, -0.25) is 4.98 Å². The van der Waals surface area contributed by atoms with Gasteiger partial charge in [0.2, 0.25) is 0 Å². The van der Waals surface area contributed by atoms with Crippen LogP contribution in [0.5, 0.6) is 5.75 Å². The highest BCUT2D eigenvalue weighted by atomic mass is 35.5. The number of ether oxygens (including phenoxy) is 1. The van der Waals surface area contributed by atoms with Gasteiger partial charge in [-0.25, -0.2) is 4.68 Å². The van der Waals surface area contributed by atoms with Crippen LogP contribution < -0.4 is 4.74 Å². The van der Waals surface area contributed by atoms with Crippen LogP contribution in [0.4, 0.5) is 13.2 Å². The highest BCUT2D eigenvalue weighted by Crippen LogP contribution is 2.36. The topological polar surface area (TPSA) is 39.9 Å². The Kier molecular flexibility index (Phi) is 4.47. The Morgan fingerprint density at radius 2 is 1.75 bits per heavy atom.